The van der Waals surface area contributed by atoms with Gasteiger partial charge in [0.25, 0.3) is 0 Å². The van der Waals surface area contributed by atoms with Gasteiger partial charge in [-0.1, -0.05) is 23.8 Å². The van der Waals surface area contributed by atoms with E-state index in [0.717, 1.165) is 5.57 Å². The average molecular weight is 264 g/mol. The van der Waals surface area contributed by atoms with Crippen LogP contribution >= 0.6 is 11.6 Å². The van der Waals surface area contributed by atoms with Gasteiger partial charge in [-0.2, -0.15) is 0 Å². The number of phenolic OH excluding ortho intramolecular Hbond substituents is 1. The SMILES string of the molecule is NC1=C(/C=C(\N)c2ccc(Cl)cc2O)C=CCN1. The summed E-state index contributed by atoms with van der Waals surface area (Å²) in [4.78, 5) is 0. The summed E-state index contributed by atoms with van der Waals surface area (Å²) in [5.41, 5.74) is 13.5. The van der Waals surface area contributed by atoms with Crippen molar-refractivity contribution in [3.05, 3.63) is 58.4 Å². The summed E-state index contributed by atoms with van der Waals surface area (Å²) < 4.78 is 0. The summed E-state index contributed by atoms with van der Waals surface area (Å²) in [6.45, 7) is 0.704. The molecule has 0 aliphatic carbocycles. The lowest BCUT2D eigenvalue weighted by Gasteiger charge is -2.12. The number of phenols is 1. The van der Waals surface area contributed by atoms with E-state index in [1.807, 2.05) is 12.2 Å². The van der Waals surface area contributed by atoms with Crippen LogP contribution in [0.25, 0.3) is 5.70 Å². The Hall–Kier alpha value is -2.07. The number of aromatic hydroxyl groups is 1. The van der Waals surface area contributed by atoms with Crippen molar-refractivity contribution in [2.24, 2.45) is 11.5 Å². The van der Waals surface area contributed by atoms with Crippen LogP contribution in [0.1, 0.15) is 5.56 Å². The van der Waals surface area contributed by atoms with E-state index in [1.165, 1.54) is 6.07 Å². The summed E-state index contributed by atoms with van der Waals surface area (Å²) in [5.74, 6) is 0.608. The van der Waals surface area contributed by atoms with Crippen molar-refractivity contribution >= 4 is 17.3 Å². The van der Waals surface area contributed by atoms with Crippen LogP contribution in [-0.4, -0.2) is 11.7 Å². The first-order valence-electron chi connectivity index (χ1n) is 5.44. The molecule has 1 heterocycles. The Balaban J connectivity index is 2.36. The molecule has 4 nitrogen and oxygen atoms in total. The van der Waals surface area contributed by atoms with Crippen LogP contribution in [0.15, 0.2) is 47.8 Å². The number of benzene rings is 1. The van der Waals surface area contributed by atoms with Crippen LogP contribution in [-0.2, 0) is 0 Å². The number of nitrogens with two attached hydrogens (primary N) is 2. The number of allylic oxidation sites excluding steroid dienone is 3. The van der Waals surface area contributed by atoms with Gasteiger partial charge in [-0.05, 0) is 24.3 Å². The second-order valence-corrected chi connectivity index (χ2v) is 4.35. The highest BCUT2D eigenvalue weighted by Gasteiger charge is 2.07. The van der Waals surface area contributed by atoms with Gasteiger partial charge in [-0.15, -0.1) is 0 Å². The van der Waals surface area contributed by atoms with Crippen LogP contribution < -0.4 is 16.8 Å². The maximum absolute atomic E-state index is 9.77. The molecule has 1 aliphatic heterocycles. The van der Waals surface area contributed by atoms with Gasteiger partial charge in [0.1, 0.15) is 11.6 Å². The molecule has 0 saturated heterocycles. The fourth-order valence-corrected chi connectivity index (χ4v) is 1.83. The van der Waals surface area contributed by atoms with Crippen LogP contribution in [0, 0.1) is 0 Å². The lowest BCUT2D eigenvalue weighted by Crippen LogP contribution is -2.24. The van der Waals surface area contributed by atoms with Gasteiger partial charge in [-0.3, -0.25) is 0 Å². The van der Waals surface area contributed by atoms with Crippen LogP contribution in [0.3, 0.4) is 0 Å². The molecule has 5 heteroatoms. The molecule has 0 unspecified atom stereocenters. The van der Waals surface area contributed by atoms with Gasteiger partial charge in [0.05, 0.1) is 0 Å². The van der Waals surface area contributed by atoms with Gasteiger partial charge in [-0.25, -0.2) is 0 Å². The Morgan fingerprint density at radius 1 is 1.44 bits per heavy atom. The van der Waals surface area contributed by atoms with Crippen molar-refractivity contribution in [1.82, 2.24) is 5.32 Å². The molecule has 1 aliphatic rings. The van der Waals surface area contributed by atoms with Crippen LogP contribution in [0.5, 0.6) is 5.75 Å². The molecular weight excluding hydrogens is 250 g/mol. The Kier molecular flexibility index (Phi) is 3.48. The lowest BCUT2D eigenvalue weighted by atomic mass is 10.1. The van der Waals surface area contributed by atoms with E-state index >= 15 is 0 Å². The zero-order chi connectivity index (χ0) is 13.1. The van der Waals surface area contributed by atoms with Crippen LogP contribution in [0.4, 0.5) is 0 Å². The zero-order valence-electron chi connectivity index (χ0n) is 9.65. The lowest BCUT2D eigenvalue weighted by molar-refractivity contribution is 0.473. The number of rotatable bonds is 2. The summed E-state index contributed by atoms with van der Waals surface area (Å²) in [6, 6.07) is 4.79. The standard InChI is InChI=1S/C13H14ClN3O/c14-9-3-4-10(12(18)7-9)11(15)6-8-2-1-5-17-13(8)16/h1-4,6-7,17-18H,5,15-16H2/b11-6-. The molecule has 18 heavy (non-hydrogen) atoms. The minimum absolute atomic E-state index is 0.0446. The van der Waals surface area contributed by atoms with Crippen molar-refractivity contribution in [3.8, 4) is 5.75 Å². The highest BCUT2D eigenvalue weighted by molar-refractivity contribution is 6.30. The number of hydrogen-bond acceptors (Lipinski definition) is 4. The molecule has 0 atom stereocenters. The van der Waals surface area contributed by atoms with E-state index in [0.29, 0.717) is 28.6 Å². The zero-order valence-corrected chi connectivity index (χ0v) is 10.4. The molecule has 0 radical (unpaired) electrons. The second kappa shape index (κ2) is 5.06. The number of halogens is 1. The molecule has 0 spiro atoms. The van der Waals surface area contributed by atoms with Gasteiger partial charge in [0.15, 0.2) is 0 Å². The largest absolute Gasteiger partial charge is 0.507 e. The predicted octanol–water partition coefficient (Wildman–Crippen LogP) is 1.67. The summed E-state index contributed by atoms with van der Waals surface area (Å²) in [5, 5.41) is 13.2. The molecule has 1 aromatic carbocycles. The Bertz CT molecular complexity index is 561. The quantitative estimate of drug-likeness (QED) is 0.654. The normalized spacial score (nSPS) is 15.7. The molecule has 0 saturated carbocycles. The van der Waals surface area contributed by atoms with Crippen molar-refractivity contribution in [2.45, 2.75) is 0 Å². The van der Waals surface area contributed by atoms with Gasteiger partial charge < -0.3 is 21.9 Å². The van der Waals surface area contributed by atoms with E-state index in [1.54, 1.807) is 18.2 Å². The average Bonchev–Trinajstić information content (AvgIpc) is 2.32. The van der Waals surface area contributed by atoms with E-state index in [9.17, 15) is 5.11 Å². The molecule has 6 N–H and O–H groups in total. The number of hydrogen-bond donors (Lipinski definition) is 4. The van der Waals surface area contributed by atoms with Crippen molar-refractivity contribution in [2.75, 3.05) is 6.54 Å². The molecule has 94 valence electrons. The molecule has 0 amide bonds. The van der Waals surface area contributed by atoms with Crippen molar-refractivity contribution in [3.63, 3.8) is 0 Å². The summed E-state index contributed by atoms with van der Waals surface area (Å²) >= 11 is 5.77. The minimum Gasteiger partial charge on any atom is -0.507 e. The van der Waals surface area contributed by atoms with Gasteiger partial charge in [0.2, 0.25) is 0 Å². The Labute approximate surface area is 110 Å². The topological polar surface area (TPSA) is 84.3 Å². The molecule has 2 rings (SSSR count). The number of dihydropyridines is 1. The monoisotopic (exact) mass is 263 g/mol. The van der Waals surface area contributed by atoms with E-state index in [4.69, 9.17) is 23.1 Å². The molecule has 0 bridgehead atoms. The van der Waals surface area contributed by atoms with E-state index < -0.39 is 0 Å². The van der Waals surface area contributed by atoms with E-state index in [-0.39, 0.29) is 5.75 Å². The molecule has 0 aromatic heterocycles. The minimum atomic E-state index is 0.0446. The first kappa shape index (κ1) is 12.4. The number of nitrogens with one attached hydrogen (secondary N) is 1. The highest BCUT2D eigenvalue weighted by atomic mass is 35.5. The van der Waals surface area contributed by atoms with Gasteiger partial charge >= 0.3 is 0 Å². The molecule has 1 aromatic rings. The summed E-state index contributed by atoms with van der Waals surface area (Å²) in [6.07, 6.45) is 5.53. The molecular formula is C13H14ClN3O. The Morgan fingerprint density at radius 2 is 2.22 bits per heavy atom. The highest BCUT2D eigenvalue weighted by Crippen LogP contribution is 2.26. The first-order chi connectivity index (χ1) is 8.58. The maximum Gasteiger partial charge on any atom is 0.126 e. The fourth-order valence-electron chi connectivity index (χ4n) is 1.67. The first-order valence-corrected chi connectivity index (χ1v) is 5.82. The summed E-state index contributed by atoms with van der Waals surface area (Å²) in [7, 11) is 0. The third kappa shape index (κ3) is 2.60. The smallest absolute Gasteiger partial charge is 0.126 e. The van der Waals surface area contributed by atoms with Gasteiger partial charge in [0, 0.05) is 28.4 Å². The van der Waals surface area contributed by atoms with Crippen molar-refractivity contribution < 1.29 is 5.11 Å². The Morgan fingerprint density at radius 3 is 2.89 bits per heavy atom. The molecule has 0 fully saturated rings. The third-order valence-electron chi connectivity index (χ3n) is 2.60. The second-order valence-electron chi connectivity index (χ2n) is 3.91. The maximum atomic E-state index is 9.77. The van der Waals surface area contributed by atoms with Crippen molar-refractivity contribution in [1.29, 1.82) is 0 Å². The fraction of sp³-hybridized carbons (Fsp3) is 0.0769. The van der Waals surface area contributed by atoms with Crippen LogP contribution in [0.2, 0.25) is 5.02 Å². The third-order valence-corrected chi connectivity index (χ3v) is 2.84. The predicted molar refractivity (Wildman–Crippen MR) is 73.6 cm³/mol. The van der Waals surface area contributed by atoms with E-state index in [2.05, 4.69) is 5.32 Å².